The first-order valence-corrected chi connectivity index (χ1v) is 7.04. The molecule has 0 bridgehead atoms. The van der Waals surface area contributed by atoms with Crippen LogP contribution in [-0.2, 0) is 11.8 Å². The van der Waals surface area contributed by atoms with E-state index in [1.54, 1.807) is 0 Å². The summed E-state index contributed by atoms with van der Waals surface area (Å²) in [5.41, 5.74) is 0.181. The van der Waals surface area contributed by atoms with Crippen molar-refractivity contribution in [1.29, 1.82) is 0 Å². The molecule has 1 saturated heterocycles. The Bertz CT molecular complexity index is 636. The Morgan fingerprint density at radius 2 is 2.24 bits per heavy atom. The van der Waals surface area contributed by atoms with Gasteiger partial charge < -0.3 is 9.84 Å². The summed E-state index contributed by atoms with van der Waals surface area (Å²) in [5, 5.41) is 7.24. The van der Waals surface area contributed by atoms with Gasteiger partial charge in [0.05, 0.1) is 5.41 Å². The maximum Gasteiger partial charge on any atom is 0.233 e. The predicted molar refractivity (Wildman–Crippen MR) is 72.9 cm³/mol. The first-order chi connectivity index (χ1) is 10.1. The van der Waals surface area contributed by atoms with E-state index in [1.807, 2.05) is 0 Å². The van der Waals surface area contributed by atoms with Crippen LogP contribution in [0.3, 0.4) is 0 Å². The van der Waals surface area contributed by atoms with E-state index in [2.05, 4.69) is 22.4 Å². The topological polar surface area (TPSA) is 51.0 Å². The Labute approximate surface area is 121 Å². The van der Waals surface area contributed by atoms with Crippen LogP contribution in [-0.4, -0.2) is 23.2 Å². The van der Waals surface area contributed by atoms with Crippen molar-refractivity contribution in [3.63, 3.8) is 0 Å². The first-order valence-electron chi connectivity index (χ1n) is 7.04. The highest BCUT2D eigenvalue weighted by molar-refractivity contribution is 5.22. The highest BCUT2D eigenvalue weighted by Gasteiger charge is 2.34. The normalized spacial score (nSPS) is 22.4. The van der Waals surface area contributed by atoms with Crippen LogP contribution in [0.25, 0.3) is 0 Å². The number of benzene rings is 1. The Balaban J connectivity index is 1.78. The lowest BCUT2D eigenvalue weighted by Crippen LogP contribution is -2.41. The van der Waals surface area contributed by atoms with Gasteiger partial charge in [0.1, 0.15) is 11.6 Å². The minimum Gasteiger partial charge on any atom is -0.339 e. The van der Waals surface area contributed by atoms with E-state index in [4.69, 9.17) is 4.52 Å². The van der Waals surface area contributed by atoms with Crippen LogP contribution in [0.5, 0.6) is 0 Å². The standard InChI is InChI=1S/C15H17F2N3O/c1-15(5-2-6-18-9-15)14-19-13(20-21-14)7-10-3-4-11(16)8-12(10)17/h3-4,8,18H,2,5-7,9H2,1H3. The number of nitrogens with zero attached hydrogens (tertiary/aromatic N) is 2. The Morgan fingerprint density at radius 3 is 2.95 bits per heavy atom. The van der Waals surface area contributed by atoms with Crippen LogP contribution < -0.4 is 5.32 Å². The summed E-state index contributed by atoms with van der Waals surface area (Å²) < 4.78 is 31.9. The van der Waals surface area contributed by atoms with E-state index in [0.717, 1.165) is 32.0 Å². The highest BCUT2D eigenvalue weighted by atomic mass is 19.1. The lowest BCUT2D eigenvalue weighted by molar-refractivity contribution is 0.245. The molecule has 0 spiro atoms. The minimum atomic E-state index is -0.592. The molecule has 1 aromatic carbocycles. The summed E-state index contributed by atoms with van der Waals surface area (Å²) in [7, 11) is 0. The lowest BCUT2D eigenvalue weighted by Gasteiger charge is -2.30. The number of hydrogen-bond acceptors (Lipinski definition) is 4. The molecule has 21 heavy (non-hydrogen) atoms. The SMILES string of the molecule is CC1(c2nc(Cc3ccc(F)cc3F)no2)CCCNC1. The van der Waals surface area contributed by atoms with E-state index in [-0.39, 0.29) is 11.8 Å². The Morgan fingerprint density at radius 1 is 1.38 bits per heavy atom. The third-order valence-corrected chi connectivity index (χ3v) is 3.95. The van der Waals surface area contributed by atoms with E-state index >= 15 is 0 Å². The van der Waals surface area contributed by atoms with Crippen molar-refractivity contribution in [1.82, 2.24) is 15.5 Å². The quantitative estimate of drug-likeness (QED) is 0.945. The van der Waals surface area contributed by atoms with Gasteiger partial charge in [0.25, 0.3) is 0 Å². The first kappa shape index (κ1) is 14.1. The largest absolute Gasteiger partial charge is 0.339 e. The maximum atomic E-state index is 13.6. The summed E-state index contributed by atoms with van der Waals surface area (Å²) in [6, 6.07) is 3.50. The Kier molecular flexibility index (Phi) is 3.71. The van der Waals surface area contributed by atoms with Crippen LogP contribution in [0.15, 0.2) is 22.7 Å². The molecule has 6 heteroatoms. The van der Waals surface area contributed by atoms with E-state index in [1.165, 1.54) is 12.1 Å². The fourth-order valence-corrected chi connectivity index (χ4v) is 2.65. The molecule has 1 aliphatic heterocycles. The molecule has 0 aliphatic carbocycles. The molecule has 0 saturated carbocycles. The van der Waals surface area contributed by atoms with Gasteiger partial charge in [-0.25, -0.2) is 8.78 Å². The number of halogens is 2. The molecule has 0 amide bonds. The van der Waals surface area contributed by atoms with Gasteiger partial charge in [0.15, 0.2) is 5.82 Å². The molecule has 1 aromatic heterocycles. The zero-order valence-electron chi connectivity index (χ0n) is 11.8. The van der Waals surface area contributed by atoms with E-state index < -0.39 is 11.6 Å². The molecule has 1 unspecified atom stereocenters. The fraction of sp³-hybridized carbons (Fsp3) is 0.467. The van der Waals surface area contributed by atoms with E-state index in [0.29, 0.717) is 17.3 Å². The third kappa shape index (κ3) is 2.95. The minimum absolute atomic E-state index is 0.176. The maximum absolute atomic E-state index is 13.6. The van der Waals surface area contributed by atoms with Crippen LogP contribution in [0, 0.1) is 11.6 Å². The van der Waals surface area contributed by atoms with Gasteiger partial charge >= 0.3 is 0 Å². The summed E-state index contributed by atoms with van der Waals surface area (Å²) >= 11 is 0. The average Bonchev–Trinajstić information content (AvgIpc) is 2.92. The highest BCUT2D eigenvalue weighted by Crippen LogP contribution is 2.29. The molecule has 0 radical (unpaired) electrons. The predicted octanol–water partition coefficient (Wildman–Crippen LogP) is 2.58. The second-order valence-electron chi connectivity index (χ2n) is 5.77. The Hall–Kier alpha value is -1.82. The number of piperidine rings is 1. The molecular weight excluding hydrogens is 276 g/mol. The molecule has 1 fully saturated rings. The van der Waals surface area contributed by atoms with Crippen LogP contribution in [0.4, 0.5) is 8.78 Å². The van der Waals surface area contributed by atoms with Crippen molar-refractivity contribution in [2.45, 2.75) is 31.6 Å². The van der Waals surface area contributed by atoms with Gasteiger partial charge in [-0.05, 0) is 37.9 Å². The average molecular weight is 293 g/mol. The van der Waals surface area contributed by atoms with Crippen molar-refractivity contribution in [2.75, 3.05) is 13.1 Å². The van der Waals surface area contributed by atoms with Crippen LogP contribution in [0.1, 0.15) is 37.0 Å². The van der Waals surface area contributed by atoms with Gasteiger partial charge in [-0.1, -0.05) is 11.2 Å². The van der Waals surface area contributed by atoms with Gasteiger partial charge in [-0.2, -0.15) is 4.98 Å². The number of rotatable bonds is 3. The van der Waals surface area contributed by atoms with Crippen molar-refractivity contribution in [3.8, 4) is 0 Å². The molecule has 4 nitrogen and oxygen atoms in total. The molecule has 3 rings (SSSR count). The van der Waals surface area contributed by atoms with Gasteiger partial charge in [0.2, 0.25) is 5.89 Å². The van der Waals surface area contributed by atoms with Crippen LogP contribution in [0.2, 0.25) is 0 Å². The molecule has 1 atom stereocenters. The summed E-state index contributed by atoms with van der Waals surface area (Å²) in [5.74, 6) is -0.188. The van der Waals surface area contributed by atoms with Gasteiger partial charge in [-0.15, -0.1) is 0 Å². The zero-order chi connectivity index (χ0) is 14.9. The molecular formula is C15H17F2N3O. The molecule has 112 valence electrons. The lowest BCUT2D eigenvalue weighted by atomic mass is 9.83. The number of hydrogen-bond donors (Lipinski definition) is 1. The van der Waals surface area contributed by atoms with Crippen molar-refractivity contribution in [2.24, 2.45) is 0 Å². The van der Waals surface area contributed by atoms with Crippen LogP contribution >= 0.6 is 0 Å². The fourth-order valence-electron chi connectivity index (χ4n) is 2.65. The van der Waals surface area contributed by atoms with E-state index in [9.17, 15) is 8.78 Å². The van der Waals surface area contributed by atoms with Crippen molar-refractivity contribution in [3.05, 3.63) is 47.1 Å². The van der Waals surface area contributed by atoms with Crippen molar-refractivity contribution >= 4 is 0 Å². The summed E-state index contributed by atoms with van der Waals surface area (Å²) in [6.07, 6.45) is 2.23. The smallest absolute Gasteiger partial charge is 0.233 e. The van der Waals surface area contributed by atoms with Gasteiger partial charge in [-0.3, -0.25) is 0 Å². The summed E-state index contributed by atoms with van der Waals surface area (Å²) in [4.78, 5) is 4.39. The molecule has 1 aliphatic rings. The number of nitrogens with one attached hydrogen (secondary N) is 1. The molecule has 2 heterocycles. The molecule has 2 aromatic rings. The second-order valence-corrected chi connectivity index (χ2v) is 5.77. The zero-order valence-corrected chi connectivity index (χ0v) is 11.8. The number of aromatic nitrogens is 2. The monoisotopic (exact) mass is 293 g/mol. The second kappa shape index (κ2) is 5.52. The van der Waals surface area contributed by atoms with Crippen molar-refractivity contribution < 1.29 is 13.3 Å². The van der Waals surface area contributed by atoms with Gasteiger partial charge in [0, 0.05) is 19.0 Å². The molecule has 1 N–H and O–H groups in total. The summed E-state index contributed by atoms with van der Waals surface area (Å²) in [6.45, 7) is 3.87. The third-order valence-electron chi connectivity index (χ3n) is 3.95.